The number of furan rings is 1. The lowest BCUT2D eigenvalue weighted by atomic mass is 10.1. The van der Waals surface area contributed by atoms with Gasteiger partial charge < -0.3 is 13.9 Å². The molecule has 0 unspecified atom stereocenters. The third-order valence-electron chi connectivity index (χ3n) is 4.54. The normalized spacial score (nSPS) is 10.8. The average Bonchev–Trinajstić information content (AvgIpc) is 3.30. The van der Waals surface area contributed by atoms with Crippen LogP contribution in [0.25, 0.3) is 11.3 Å². The molecule has 0 fully saturated rings. The van der Waals surface area contributed by atoms with E-state index in [9.17, 15) is 20.2 Å². The van der Waals surface area contributed by atoms with Crippen molar-refractivity contribution in [3.8, 4) is 23.3 Å². The predicted molar refractivity (Wildman–Crippen MR) is 129 cm³/mol. The molecule has 3 rings (SSSR count). The Kier molecular flexibility index (Phi) is 8.53. The molecule has 0 bridgehead atoms. The van der Waals surface area contributed by atoms with Crippen molar-refractivity contribution in [2.75, 3.05) is 13.7 Å². The number of nitrogens with zero attached hydrogens (tertiary/aromatic N) is 4. The third-order valence-corrected chi connectivity index (χ3v) is 5.92. The number of aryl methyl sites for hydroxylation is 1. The molecule has 11 nitrogen and oxygen atoms in total. The predicted octanol–water partition coefficient (Wildman–Crippen LogP) is 4.52. The minimum absolute atomic E-state index is 0.00659. The van der Waals surface area contributed by atoms with Gasteiger partial charge in [0.05, 0.1) is 23.4 Å². The van der Waals surface area contributed by atoms with Crippen LogP contribution in [-0.2, 0) is 16.1 Å². The molecule has 0 radical (unpaired) electrons. The quantitative estimate of drug-likeness (QED) is 0.227. The fraction of sp³-hybridized carbons (Fsp3) is 0.182. The lowest BCUT2D eigenvalue weighted by Crippen LogP contribution is -2.25. The van der Waals surface area contributed by atoms with Crippen LogP contribution in [0.4, 0.5) is 5.69 Å². The number of aromatic nitrogens is 1. The van der Waals surface area contributed by atoms with Crippen LogP contribution >= 0.6 is 27.5 Å². The zero-order valence-corrected chi connectivity index (χ0v) is 20.7. The van der Waals surface area contributed by atoms with Crippen molar-refractivity contribution in [2.45, 2.75) is 13.5 Å². The van der Waals surface area contributed by atoms with Gasteiger partial charge in [0, 0.05) is 28.8 Å². The van der Waals surface area contributed by atoms with Crippen LogP contribution in [0.1, 0.15) is 22.6 Å². The third kappa shape index (κ3) is 6.21. The molecule has 0 saturated heterocycles. The molecule has 35 heavy (non-hydrogen) atoms. The molecule has 3 aromatic rings. The smallest absolute Gasteiger partial charge is 0.288 e. The summed E-state index contributed by atoms with van der Waals surface area (Å²) in [5.74, 6) is 0.0569. The molecule has 2 aromatic heterocycles. The number of carbonyl (C=O) groups excluding carboxylic acids is 1. The van der Waals surface area contributed by atoms with Gasteiger partial charge in [0.15, 0.2) is 6.61 Å². The number of hydrogen-bond acceptors (Lipinski definition) is 9. The van der Waals surface area contributed by atoms with E-state index in [-0.39, 0.29) is 28.8 Å². The largest absolute Gasteiger partial charge is 0.467 e. The Bertz CT molecular complexity index is 1350. The number of nitro groups is 1. The molecule has 0 aliphatic heterocycles. The Morgan fingerprint density at radius 1 is 1.43 bits per heavy atom. The summed E-state index contributed by atoms with van der Waals surface area (Å²) in [6, 6.07) is 9.48. The van der Waals surface area contributed by atoms with Crippen LogP contribution < -0.4 is 10.2 Å². The summed E-state index contributed by atoms with van der Waals surface area (Å²) in [5.41, 5.74) is 3.79. The van der Waals surface area contributed by atoms with Gasteiger partial charge in [-0.05, 0) is 47.1 Å². The number of halogens is 2. The van der Waals surface area contributed by atoms with Crippen molar-refractivity contribution in [2.24, 2.45) is 5.10 Å². The molecule has 180 valence electrons. The molecule has 0 aliphatic rings. The zero-order valence-electron chi connectivity index (χ0n) is 18.4. The molecular weight excluding hydrogens is 546 g/mol. The van der Waals surface area contributed by atoms with Gasteiger partial charge in [-0.1, -0.05) is 11.6 Å². The molecule has 1 amide bonds. The lowest BCUT2D eigenvalue weighted by molar-refractivity contribution is -0.384. The van der Waals surface area contributed by atoms with Crippen molar-refractivity contribution in [3.63, 3.8) is 0 Å². The molecule has 0 aliphatic carbocycles. The molecular formula is C22H17BrClN5O6. The van der Waals surface area contributed by atoms with Crippen LogP contribution in [0.5, 0.6) is 5.88 Å². The van der Waals surface area contributed by atoms with Crippen LogP contribution in [0, 0.1) is 28.4 Å². The number of methoxy groups -OCH3 is 1. The van der Waals surface area contributed by atoms with Crippen molar-refractivity contribution in [3.05, 3.63) is 72.5 Å². The van der Waals surface area contributed by atoms with Crippen molar-refractivity contribution >= 4 is 45.3 Å². The number of benzene rings is 1. The number of hydrazone groups is 1. The molecule has 0 saturated carbocycles. The van der Waals surface area contributed by atoms with E-state index in [0.717, 1.165) is 0 Å². The summed E-state index contributed by atoms with van der Waals surface area (Å²) in [5, 5.41) is 24.4. The van der Waals surface area contributed by atoms with Gasteiger partial charge in [-0.2, -0.15) is 10.4 Å². The topological polar surface area (TPSA) is 153 Å². The van der Waals surface area contributed by atoms with Gasteiger partial charge in [-0.3, -0.25) is 14.9 Å². The van der Waals surface area contributed by atoms with Crippen LogP contribution in [0.3, 0.4) is 0 Å². The second-order valence-corrected chi connectivity index (χ2v) is 8.12. The molecule has 1 aromatic carbocycles. The van der Waals surface area contributed by atoms with Crippen LogP contribution in [-0.4, -0.2) is 35.7 Å². The Labute approximate surface area is 212 Å². The van der Waals surface area contributed by atoms with Crippen molar-refractivity contribution in [1.82, 2.24) is 10.4 Å². The second-order valence-electron chi connectivity index (χ2n) is 6.92. The number of ether oxygens (including phenoxy) is 2. The maximum Gasteiger partial charge on any atom is 0.288 e. The highest BCUT2D eigenvalue weighted by Gasteiger charge is 2.19. The number of amides is 1. The molecule has 2 heterocycles. The molecule has 0 spiro atoms. The zero-order chi connectivity index (χ0) is 25.5. The van der Waals surface area contributed by atoms with Crippen LogP contribution in [0.15, 0.2) is 44.3 Å². The van der Waals surface area contributed by atoms with Crippen molar-refractivity contribution in [1.29, 1.82) is 5.26 Å². The first-order valence-corrected chi connectivity index (χ1v) is 11.0. The minimum atomic E-state index is -0.596. The summed E-state index contributed by atoms with van der Waals surface area (Å²) >= 11 is 9.21. The lowest BCUT2D eigenvalue weighted by Gasteiger charge is -2.13. The monoisotopic (exact) mass is 561 g/mol. The number of nitrogens with one attached hydrogen (secondary N) is 1. The summed E-state index contributed by atoms with van der Waals surface area (Å²) in [6.07, 6.45) is 1.26. The Morgan fingerprint density at radius 2 is 2.20 bits per heavy atom. The SMILES string of the molecule is COCc1c(Br)c(C)nc(OCC(=O)N/N=C\c2ccc(-c3ccc(Cl)c([N+](=O)[O-])c3)o2)c1C#N. The van der Waals surface area contributed by atoms with E-state index in [1.165, 1.54) is 25.5 Å². The van der Waals surface area contributed by atoms with E-state index in [0.29, 0.717) is 32.8 Å². The summed E-state index contributed by atoms with van der Waals surface area (Å²) < 4.78 is 16.8. The van der Waals surface area contributed by atoms with Gasteiger partial charge in [-0.25, -0.2) is 10.4 Å². The fourth-order valence-corrected chi connectivity index (χ4v) is 3.52. The molecule has 13 heteroatoms. The van der Waals surface area contributed by atoms with E-state index < -0.39 is 17.4 Å². The van der Waals surface area contributed by atoms with E-state index in [1.54, 1.807) is 25.1 Å². The minimum Gasteiger partial charge on any atom is -0.467 e. The first-order chi connectivity index (χ1) is 16.7. The summed E-state index contributed by atoms with van der Waals surface area (Å²) in [4.78, 5) is 26.8. The van der Waals surface area contributed by atoms with Gasteiger partial charge in [0.25, 0.3) is 11.6 Å². The maximum absolute atomic E-state index is 12.1. The highest BCUT2D eigenvalue weighted by molar-refractivity contribution is 9.10. The summed E-state index contributed by atoms with van der Waals surface area (Å²) in [6.45, 7) is 1.44. The van der Waals surface area contributed by atoms with Crippen LogP contribution in [0.2, 0.25) is 5.02 Å². The maximum atomic E-state index is 12.1. The first kappa shape index (κ1) is 25.8. The van der Waals surface area contributed by atoms with E-state index >= 15 is 0 Å². The Morgan fingerprint density at radius 3 is 2.89 bits per heavy atom. The standard InChI is InChI=1S/C22H17BrClN5O6/c1-12-21(23)16(10-33-2)15(8-25)22(27-12)34-11-20(30)28-26-9-14-4-6-19(35-14)13-3-5-17(24)18(7-13)29(31)32/h3-7,9H,10-11H2,1-2H3,(H,28,30)/b26-9-. The Hall–Kier alpha value is -3.79. The summed E-state index contributed by atoms with van der Waals surface area (Å²) in [7, 11) is 1.50. The molecule has 1 N–H and O–H groups in total. The average molecular weight is 563 g/mol. The van der Waals surface area contributed by atoms with E-state index in [2.05, 4.69) is 31.4 Å². The number of carbonyl (C=O) groups is 1. The number of rotatable bonds is 9. The number of nitriles is 1. The van der Waals surface area contributed by atoms with Crippen molar-refractivity contribution < 1.29 is 23.6 Å². The number of hydrogen-bond donors (Lipinski definition) is 1. The Balaban J connectivity index is 1.63. The molecule has 0 atom stereocenters. The van der Waals surface area contributed by atoms with Gasteiger partial charge >= 0.3 is 0 Å². The van der Waals surface area contributed by atoms with Gasteiger partial charge in [0.2, 0.25) is 5.88 Å². The van der Waals surface area contributed by atoms with E-state index in [4.69, 9.17) is 25.5 Å². The highest BCUT2D eigenvalue weighted by atomic mass is 79.9. The van der Waals surface area contributed by atoms with Gasteiger partial charge in [0.1, 0.15) is 28.2 Å². The highest BCUT2D eigenvalue weighted by Crippen LogP contribution is 2.31. The first-order valence-electron chi connectivity index (χ1n) is 9.82. The number of nitro benzene ring substituents is 1. The van der Waals surface area contributed by atoms with E-state index in [1.807, 2.05) is 6.07 Å². The fourth-order valence-electron chi connectivity index (χ4n) is 2.93. The second kappa shape index (κ2) is 11.6. The number of pyridine rings is 1. The van der Waals surface area contributed by atoms with Gasteiger partial charge in [-0.15, -0.1) is 0 Å².